The number of aryl methyl sites for hydroxylation is 2. The van der Waals surface area contributed by atoms with Crippen LogP contribution in [0.15, 0.2) is 12.1 Å². The molecule has 1 fully saturated rings. The quantitative estimate of drug-likeness (QED) is 0.664. The lowest BCUT2D eigenvalue weighted by Crippen LogP contribution is -2.09. The molecule has 2 heteroatoms. The molecule has 0 bridgehead atoms. The Labute approximate surface area is 85.5 Å². The van der Waals surface area contributed by atoms with E-state index in [2.05, 4.69) is 31.3 Å². The topological polar surface area (TPSA) is 38.0 Å². The molecule has 2 nitrogen and oxygen atoms in total. The van der Waals surface area contributed by atoms with E-state index in [9.17, 15) is 0 Å². The van der Waals surface area contributed by atoms with E-state index in [1.165, 1.54) is 23.1 Å². The van der Waals surface area contributed by atoms with E-state index in [1.54, 1.807) is 0 Å². The maximum absolute atomic E-state index is 5.87. The van der Waals surface area contributed by atoms with Gasteiger partial charge in [-0.1, -0.05) is 6.07 Å². The van der Waals surface area contributed by atoms with Gasteiger partial charge in [0.15, 0.2) is 0 Å². The van der Waals surface area contributed by atoms with Gasteiger partial charge in [-0.05, 0) is 55.5 Å². The minimum absolute atomic E-state index is 0.689. The van der Waals surface area contributed by atoms with Gasteiger partial charge in [0.05, 0.1) is 0 Å². The van der Waals surface area contributed by atoms with Crippen molar-refractivity contribution in [2.75, 3.05) is 18.8 Å². The molecule has 1 atom stereocenters. The molecule has 1 aliphatic heterocycles. The molecule has 2 rings (SSSR count). The van der Waals surface area contributed by atoms with Crippen LogP contribution in [0.5, 0.6) is 0 Å². The van der Waals surface area contributed by atoms with Crippen LogP contribution in [0.1, 0.15) is 29.0 Å². The molecule has 1 aliphatic rings. The number of hydrogen-bond donors (Lipinski definition) is 2. The molecular formula is C12H18N2. The van der Waals surface area contributed by atoms with E-state index in [0.717, 1.165) is 18.8 Å². The van der Waals surface area contributed by atoms with E-state index in [-0.39, 0.29) is 0 Å². The number of nitrogen functional groups attached to an aromatic ring is 1. The third kappa shape index (κ3) is 1.62. The summed E-state index contributed by atoms with van der Waals surface area (Å²) in [4.78, 5) is 0. The summed E-state index contributed by atoms with van der Waals surface area (Å²) in [6, 6.07) is 4.35. The SMILES string of the molecule is Cc1cc([C@@H]2CCNC2)c(C)cc1N. The third-order valence-corrected chi connectivity index (χ3v) is 3.15. The molecule has 0 saturated carbocycles. The summed E-state index contributed by atoms with van der Waals surface area (Å²) in [6.45, 7) is 6.50. The van der Waals surface area contributed by atoms with Crippen LogP contribution in [0.2, 0.25) is 0 Å². The molecule has 0 radical (unpaired) electrons. The largest absolute Gasteiger partial charge is 0.399 e. The van der Waals surface area contributed by atoms with Crippen LogP contribution in [-0.4, -0.2) is 13.1 Å². The van der Waals surface area contributed by atoms with Gasteiger partial charge in [0, 0.05) is 12.2 Å². The number of rotatable bonds is 1. The average Bonchev–Trinajstić information content (AvgIpc) is 2.64. The highest BCUT2D eigenvalue weighted by Gasteiger charge is 2.18. The Hall–Kier alpha value is -1.02. The Morgan fingerprint density at radius 1 is 1.29 bits per heavy atom. The first-order valence-electron chi connectivity index (χ1n) is 5.26. The van der Waals surface area contributed by atoms with Gasteiger partial charge in [-0.3, -0.25) is 0 Å². The number of anilines is 1. The Kier molecular flexibility index (Phi) is 2.46. The number of benzene rings is 1. The fourth-order valence-electron chi connectivity index (χ4n) is 2.22. The van der Waals surface area contributed by atoms with Crippen molar-refractivity contribution in [3.63, 3.8) is 0 Å². The van der Waals surface area contributed by atoms with Gasteiger partial charge in [-0.25, -0.2) is 0 Å². The third-order valence-electron chi connectivity index (χ3n) is 3.15. The lowest BCUT2D eigenvalue weighted by atomic mass is 9.92. The van der Waals surface area contributed by atoms with Crippen LogP contribution in [-0.2, 0) is 0 Å². The molecule has 14 heavy (non-hydrogen) atoms. The maximum atomic E-state index is 5.87. The van der Waals surface area contributed by atoms with E-state index in [1.807, 2.05) is 0 Å². The Bertz CT molecular complexity index is 338. The second-order valence-corrected chi connectivity index (χ2v) is 4.26. The van der Waals surface area contributed by atoms with Crippen LogP contribution in [0.25, 0.3) is 0 Å². The molecule has 0 spiro atoms. The van der Waals surface area contributed by atoms with E-state index in [4.69, 9.17) is 5.73 Å². The molecule has 1 aromatic carbocycles. The first kappa shape index (κ1) is 9.53. The predicted molar refractivity (Wildman–Crippen MR) is 60.6 cm³/mol. The second-order valence-electron chi connectivity index (χ2n) is 4.26. The van der Waals surface area contributed by atoms with Gasteiger partial charge < -0.3 is 11.1 Å². The molecule has 0 aliphatic carbocycles. The van der Waals surface area contributed by atoms with Crippen molar-refractivity contribution >= 4 is 5.69 Å². The zero-order valence-corrected chi connectivity index (χ0v) is 8.93. The molecule has 0 unspecified atom stereocenters. The van der Waals surface area contributed by atoms with Crippen molar-refractivity contribution in [1.82, 2.24) is 5.32 Å². The summed E-state index contributed by atoms with van der Waals surface area (Å²) < 4.78 is 0. The molecule has 0 aromatic heterocycles. The average molecular weight is 190 g/mol. The van der Waals surface area contributed by atoms with E-state index >= 15 is 0 Å². The summed E-state index contributed by atoms with van der Waals surface area (Å²) in [6.07, 6.45) is 1.25. The normalized spacial score (nSPS) is 21.4. The minimum Gasteiger partial charge on any atom is -0.399 e. The summed E-state index contributed by atoms with van der Waals surface area (Å²) >= 11 is 0. The van der Waals surface area contributed by atoms with Crippen molar-refractivity contribution in [1.29, 1.82) is 0 Å². The molecule has 1 saturated heterocycles. The number of hydrogen-bond acceptors (Lipinski definition) is 2. The zero-order chi connectivity index (χ0) is 10.1. The summed E-state index contributed by atoms with van der Waals surface area (Å²) in [5.41, 5.74) is 10.8. The molecule has 76 valence electrons. The second kappa shape index (κ2) is 3.62. The smallest absolute Gasteiger partial charge is 0.0346 e. The number of nitrogens with two attached hydrogens (primary N) is 1. The molecular weight excluding hydrogens is 172 g/mol. The van der Waals surface area contributed by atoms with Crippen molar-refractivity contribution in [2.45, 2.75) is 26.2 Å². The first-order valence-corrected chi connectivity index (χ1v) is 5.26. The van der Waals surface area contributed by atoms with Gasteiger partial charge in [-0.15, -0.1) is 0 Å². The standard InChI is InChI=1S/C12H18N2/c1-8-6-12(13)9(2)5-11(8)10-3-4-14-7-10/h5-6,10,14H,3-4,7,13H2,1-2H3/t10-/m1/s1. The molecule has 0 amide bonds. The minimum atomic E-state index is 0.689. The summed E-state index contributed by atoms with van der Waals surface area (Å²) in [7, 11) is 0. The Morgan fingerprint density at radius 2 is 2.07 bits per heavy atom. The molecule has 1 aromatic rings. The highest BCUT2D eigenvalue weighted by Crippen LogP contribution is 2.28. The van der Waals surface area contributed by atoms with E-state index < -0.39 is 0 Å². The summed E-state index contributed by atoms with van der Waals surface area (Å²) in [5.74, 6) is 0.689. The Morgan fingerprint density at radius 3 is 2.71 bits per heavy atom. The predicted octanol–water partition coefficient (Wildman–Crippen LogP) is 1.96. The monoisotopic (exact) mass is 190 g/mol. The van der Waals surface area contributed by atoms with Crippen molar-refractivity contribution in [3.05, 3.63) is 28.8 Å². The highest BCUT2D eigenvalue weighted by atomic mass is 14.9. The summed E-state index contributed by atoms with van der Waals surface area (Å²) in [5, 5.41) is 3.40. The van der Waals surface area contributed by atoms with Gasteiger partial charge in [0.2, 0.25) is 0 Å². The molecule has 3 N–H and O–H groups in total. The van der Waals surface area contributed by atoms with Gasteiger partial charge in [-0.2, -0.15) is 0 Å². The Balaban J connectivity index is 2.37. The van der Waals surface area contributed by atoms with Gasteiger partial charge >= 0.3 is 0 Å². The van der Waals surface area contributed by atoms with Crippen molar-refractivity contribution < 1.29 is 0 Å². The fraction of sp³-hybridized carbons (Fsp3) is 0.500. The lowest BCUT2D eigenvalue weighted by Gasteiger charge is -2.14. The van der Waals surface area contributed by atoms with Crippen molar-refractivity contribution in [3.8, 4) is 0 Å². The lowest BCUT2D eigenvalue weighted by molar-refractivity contribution is 0.756. The van der Waals surface area contributed by atoms with Gasteiger partial charge in [0.25, 0.3) is 0 Å². The molecule has 1 heterocycles. The van der Waals surface area contributed by atoms with E-state index in [0.29, 0.717) is 5.92 Å². The zero-order valence-electron chi connectivity index (χ0n) is 8.93. The van der Waals surface area contributed by atoms with Crippen LogP contribution in [0.4, 0.5) is 5.69 Å². The van der Waals surface area contributed by atoms with Crippen LogP contribution in [0, 0.1) is 13.8 Å². The maximum Gasteiger partial charge on any atom is 0.0346 e. The number of nitrogens with one attached hydrogen (secondary N) is 1. The van der Waals surface area contributed by atoms with Gasteiger partial charge in [0.1, 0.15) is 0 Å². The highest BCUT2D eigenvalue weighted by molar-refractivity contribution is 5.52. The first-order chi connectivity index (χ1) is 6.68. The van der Waals surface area contributed by atoms with Crippen LogP contribution < -0.4 is 11.1 Å². The van der Waals surface area contributed by atoms with Crippen molar-refractivity contribution in [2.24, 2.45) is 0 Å². The van der Waals surface area contributed by atoms with Crippen LogP contribution >= 0.6 is 0 Å². The van der Waals surface area contributed by atoms with Crippen LogP contribution in [0.3, 0.4) is 0 Å². The fourth-order valence-corrected chi connectivity index (χ4v) is 2.22.